The highest BCUT2D eigenvalue weighted by atomic mass is 35.5. The molecular weight excluding hydrogens is 596 g/mol. The lowest BCUT2D eigenvalue weighted by molar-refractivity contribution is -0.348. The number of hydrogen-bond acceptors (Lipinski definition) is 4. The van der Waals surface area contributed by atoms with Crippen LogP contribution in [0, 0.1) is 17.2 Å². The molecule has 2 aromatic rings. The lowest BCUT2D eigenvalue weighted by atomic mass is 9.94. The fourth-order valence-electron chi connectivity index (χ4n) is 3.58. The molecule has 2 aliphatic rings. The number of thioether (sulfide) groups is 1. The van der Waals surface area contributed by atoms with Gasteiger partial charge in [0.1, 0.15) is 11.2 Å². The first-order valence-electron chi connectivity index (χ1n) is 10.2. The second-order valence-corrected chi connectivity index (χ2v) is 11.1. The second kappa shape index (κ2) is 9.25. The molecule has 4 rings (SSSR count). The summed E-state index contributed by atoms with van der Waals surface area (Å²) >= 11 is 19.3. The molecule has 1 aromatic carbocycles. The maximum atomic E-state index is 14.4. The van der Waals surface area contributed by atoms with E-state index < -0.39 is 55.7 Å². The Hall–Kier alpha value is -2.14. The van der Waals surface area contributed by atoms with Crippen molar-refractivity contribution in [2.24, 2.45) is 5.92 Å². The van der Waals surface area contributed by atoms with E-state index in [1.807, 2.05) is 6.07 Å². The lowest BCUT2D eigenvalue weighted by Gasteiger charge is -2.30. The van der Waals surface area contributed by atoms with Gasteiger partial charge in [0.15, 0.2) is 0 Å². The lowest BCUT2D eigenvalue weighted by Crippen LogP contribution is -2.50. The van der Waals surface area contributed by atoms with Crippen molar-refractivity contribution in [3.8, 4) is 11.8 Å². The van der Waals surface area contributed by atoms with Crippen LogP contribution in [0.2, 0.25) is 10.0 Å². The van der Waals surface area contributed by atoms with Crippen molar-refractivity contribution >= 4 is 57.4 Å². The number of hydrogen-bond donors (Lipinski definition) is 1. The number of rotatable bonds is 5. The van der Waals surface area contributed by atoms with Gasteiger partial charge in [0, 0.05) is 22.2 Å². The molecule has 0 radical (unpaired) electrons. The quantitative estimate of drug-likeness (QED) is 0.296. The zero-order chi connectivity index (χ0) is 27.6. The van der Waals surface area contributed by atoms with Crippen molar-refractivity contribution in [3.05, 3.63) is 51.8 Å². The maximum absolute atomic E-state index is 14.4. The molecule has 37 heavy (non-hydrogen) atoms. The van der Waals surface area contributed by atoms with Crippen molar-refractivity contribution in [2.45, 2.75) is 41.1 Å². The topological polar surface area (TPSA) is 70.7 Å². The number of nitriles is 1. The average Bonchev–Trinajstić information content (AvgIpc) is 3.19. The van der Waals surface area contributed by atoms with Gasteiger partial charge in [-0.2, -0.15) is 36.7 Å². The first-order valence-corrected chi connectivity index (χ1v) is 12.2. The molecule has 0 bridgehead atoms. The van der Waals surface area contributed by atoms with Crippen molar-refractivity contribution in [2.75, 3.05) is 0 Å². The van der Waals surface area contributed by atoms with Crippen LogP contribution in [0.5, 0.6) is 0 Å². The summed E-state index contributed by atoms with van der Waals surface area (Å²) in [5.41, 5.74) is -8.35. The van der Waals surface area contributed by atoms with E-state index in [-0.39, 0.29) is 17.8 Å². The highest BCUT2D eigenvalue weighted by Crippen LogP contribution is 2.54. The molecule has 2 atom stereocenters. The normalized spacial score (nSPS) is 21.4. The van der Waals surface area contributed by atoms with Gasteiger partial charge in [0.25, 0.3) is 0 Å². The summed E-state index contributed by atoms with van der Waals surface area (Å²) in [4.78, 5) is 13.1. The van der Waals surface area contributed by atoms with Gasteiger partial charge in [-0.3, -0.25) is 4.79 Å². The number of benzene rings is 1. The number of halogens is 10. The Kier molecular flexibility index (Phi) is 6.97. The fraction of sp³-hybridized carbons (Fsp3) is 0.381. The standard InChI is InChI=1S/C21H12Cl3F7N4OS/c22-12-3-10(19(25,20(26,27)28)21(29,30)31)4-13(23)15(12)35-7-9(6-33-35)14-5-11(16(24)37-14)17(36)34-18(8-32)1-2-18/h3-7,11,16H,1-2H2,(H,34,36). The van der Waals surface area contributed by atoms with Crippen LogP contribution < -0.4 is 5.32 Å². The summed E-state index contributed by atoms with van der Waals surface area (Å²) in [6, 6.07) is 2.41. The molecule has 0 spiro atoms. The van der Waals surface area contributed by atoms with Gasteiger partial charge >= 0.3 is 18.0 Å². The molecule has 1 aliphatic carbocycles. The highest BCUT2D eigenvalue weighted by molar-refractivity contribution is 8.10. The summed E-state index contributed by atoms with van der Waals surface area (Å²) in [5, 5.41) is 14.4. The molecular formula is C21H12Cl3F7N4OS. The maximum Gasteiger partial charge on any atom is 0.435 e. The molecule has 1 aromatic heterocycles. The SMILES string of the molecule is N#CC1(NC(=O)C2C=C(c3cnn(-c4c(Cl)cc(C(F)(C(F)(F)F)C(F)(F)F)cc4Cl)c3)SC2Cl)CC1. The molecule has 1 aliphatic heterocycles. The number of aromatic nitrogens is 2. The third kappa shape index (κ3) is 4.89. The smallest absolute Gasteiger partial charge is 0.337 e. The van der Waals surface area contributed by atoms with Crippen LogP contribution in [0.15, 0.2) is 30.6 Å². The summed E-state index contributed by atoms with van der Waals surface area (Å²) in [5.74, 6) is -1.23. The second-order valence-electron chi connectivity index (χ2n) is 8.32. The minimum atomic E-state index is -6.34. The summed E-state index contributed by atoms with van der Waals surface area (Å²) < 4.78 is 93.4. The van der Waals surface area contributed by atoms with E-state index in [0.29, 0.717) is 23.3 Å². The first kappa shape index (κ1) is 27.9. The van der Waals surface area contributed by atoms with Crippen LogP contribution >= 0.6 is 46.6 Å². The Morgan fingerprint density at radius 2 is 1.70 bits per heavy atom. The molecule has 1 N–H and O–H groups in total. The van der Waals surface area contributed by atoms with Gasteiger partial charge in [0.05, 0.1) is 32.9 Å². The summed E-state index contributed by atoms with van der Waals surface area (Å²) in [6.45, 7) is 0. The Labute approximate surface area is 223 Å². The molecule has 2 unspecified atom stereocenters. The van der Waals surface area contributed by atoms with Crippen LogP contribution in [-0.4, -0.2) is 38.3 Å². The minimum absolute atomic E-state index is 0.187. The van der Waals surface area contributed by atoms with Gasteiger partial charge in [-0.05, 0) is 25.0 Å². The van der Waals surface area contributed by atoms with E-state index in [0.717, 1.165) is 16.4 Å². The van der Waals surface area contributed by atoms with Crippen molar-refractivity contribution in [1.82, 2.24) is 15.1 Å². The molecule has 1 amide bonds. The third-order valence-corrected chi connectivity index (χ3v) is 8.03. The summed E-state index contributed by atoms with van der Waals surface area (Å²) in [7, 11) is 0. The third-order valence-electron chi connectivity index (χ3n) is 5.77. The van der Waals surface area contributed by atoms with Gasteiger partial charge in [-0.25, -0.2) is 9.07 Å². The van der Waals surface area contributed by atoms with Gasteiger partial charge < -0.3 is 5.32 Å². The molecule has 0 saturated heterocycles. The van der Waals surface area contributed by atoms with Crippen molar-refractivity contribution in [1.29, 1.82) is 5.26 Å². The number of nitrogens with zero attached hydrogens (tertiary/aromatic N) is 3. The number of carbonyl (C=O) groups excluding carboxylic acids is 1. The Balaban J connectivity index is 1.64. The molecule has 5 nitrogen and oxygen atoms in total. The molecule has 16 heteroatoms. The van der Waals surface area contributed by atoms with Crippen LogP contribution in [0.4, 0.5) is 30.7 Å². The molecule has 1 fully saturated rings. The highest BCUT2D eigenvalue weighted by Gasteiger charge is 2.73. The van der Waals surface area contributed by atoms with Crippen molar-refractivity contribution < 1.29 is 35.5 Å². The predicted octanol–water partition coefficient (Wildman–Crippen LogP) is 6.91. The Bertz CT molecular complexity index is 1290. The minimum Gasteiger partial charge on any atom is -0.337 e. The molecule has 2 heterocycles. The molecule has 1 saturated carbocycles. The van der Waals surface area contributed by atoms with Crippen LogP contribution in [0.3, 0.4) is 0 Å². The number of carbonyl (C=O) groups is 1. The zero-order valence-electron chi connectivity index (χ0n) is 17.9. The fourth-order valence-corrected chi connectivity index (χ4v) is 5.78. The van der Waals surface area contributed by atoms with Gasteiger partial charge in [-0.1, -0.05) is 29.3 Å². The first-order chi connectivity index (χ1) is 17.0. The molecule has 198 valence electrons. The Morgan fingerprint density at radius 1 is 1.14 bits per heavy atom. The number of nitrogens with one attached hydrogen (secondary N) is 1. The van der Waals surface area contributed by atoms with E-state index >= 15 is 0 Å². The van der Waals surface area contributed by atoms with E-state index in [2.05, 4.69) is 10.4 Å². The average molecular weight is 608 g/mol. The van der Waals surface area contributed by atoms with E-state index in [4.69, 9.17) is 40.1 Å². The number of amides is 1. The van der Waals surface area contributed by atoms with Crippen molar-refractivity contribution in [3.63, 3.8) is 0 Å². The zero-order valence-corrected chi connectivity index (χ0v) is 21.0. The largest absolute Gasteiger partial charge is 0.435 e. The summed E-state index contributed by atoms with van der Waals surface area (Å²) in [6.07, 6.45) is -7.48. The van der Waals surface area contributed by atoms with E-state index in [9.17, 15) is 35.5 Å². The monoisotopic (exact) mass is 606 g/mol. The Morgan fingerprint density at radius 3 is 2.19 bits per heavy atom. The van der Waals surface area contributed by atoms with Crippen LogP contribution in [-0.2, 0) is 10.5 Å². The van der Waals surface area contributed by atoms with Gasteiger partial charge in [0.2, 0.25) is 5.91 Å². The van der Waals surface area contributed by atoms with E-state index in [1.54, 1.807) is 6.08 Å². The number of alkyl halides is 8. The predicted molar refractivity (Wildman–Crippen MR) is 123 cm³/mol. The van der Waals surface area contributed by atoms with Crippen LogP contribution in [0.25, 0.3) is 10.6 Å². The van der Waals surface area contributed by atoms with Gasteiger partial charge in [-0.15, -0.1) is 23.4 Å². The van der Waals surface area contributed by atoms with Crippen LogP contribution in [0.1, 0.15) is 24.0 Å². The van der Waals surface area contributed by atoms with E-state index in [1.165, 1.54) is 12.4 Å².